The van der Waals surface area contributed by atoms with Crippen LogP contribution in [0.3, 0.4) is 0 Å². The van der Waals surface area contributed by atoms with Crippen LogP contribution in [0.1, 0.15) is 35.6 Å². The van der Waals surface area contributed by atoms with Crippen molar-refractivity contribution in [3.05, 3.63) is 65.2 Å². The lowest BCUT2D eigenvalue weighted by Crippen LogP contribution is -2.18. The Labute approximate surface area is 125 Å². The van der Waals surface area contributed by atoms with Gasteiger partial charge < -0.3 is 10.5 Å². The van der Waals surface area contributed by atoms with Crippen LogP contribution in [0.5, 0.6) is 5.75 Å². The molecule has 106 valence electrons. The molecular formula is C19H19NO. The fourth-order valence-electron chi connectivity index (χ4n) is 2.76. The van der Waals surface area contributed by atoms with Gasteiger partial charge in [0.2, 0.25) is 0 Å². The first-order valence-electron chi connectivity index (χ1n) is 7.38. The minimum Gasteiger partial charge on any atom is -0.481 e. The van der Waals surface area contributed by atoms with Crippen LogP contribution in [-0.2, 0) is 6.42 Å². The van der Waals surface area contributed by atoms with E-state index in [0.717, 1.165) is 30.6 Å². The number of hydrogen-bond acceptors (Lipinski definition) is 2. The molecule has 0 heterocycles. The summed E-state index contributed by atoms with van der Waals surface area (Å²) in [6.07, 6.45) is 3.24. The van der Waals surface area contributed by atoms with E-state index in [-0.39, 0.29) is 6.04 Å². The molecule has 2 nitrogen and oxygen atoms in total. The zero-order chi connectivity index (χ0) is 14.5. The van der Waals surface area contributed by atoms with Crippen molar-refractivity contribution < 1.29 is 4.74 Å². The largest absolute Gasteiger partial charge is 0.481 e. The van der Waals surface area contributed by atoms with E-state index in [1.165, 1.54) is 11.1 Å². The van der Waals surface area contributed by atoms with Crippen LogP contribution >= 0.6 is 0 Å². The summed E-state index contributed by atoms with van der Waals surface area (Å²) in [6, 6.07) is 16.2. The van der Waals surface area contributed by atoms with E-state index in [4.69, 9.17) is 10.5 Å². The average molecular weight is 277 g/mol. The average Bonchev–Trinajstić information content (AvgIpc) is 2.53. The fraction of sp³-hybridized carbons (Fsp3) is 0.263. The Morgan fingerprint density at radius 3 is 2.81 bits per heavy atom. The molecule has 2 aromatic rings. The Morgan fingerprint density at radius 1 is 1.10 bits per heavy atom. The lowest BCUT2D eigenvalue weighted by Gasteiger charge is -2.24. The predicted octanol–water partition coefficient (Wildman–Crippen LogP) is 3.45. The highest BCUT2D eigenvalue weighted by Crippen LogP contribution is 2.33. The van der Waals surface area contributed by atoms with Crippen LogP contribution in [0.15, 0.2) is 48.5 Å². The summed E-state index contributed by atoms with van der Waals surface area (Å²) in [5.74, 6) is 7.10. The standard InChI is InChI=1S/C19H19NO/c20-18-12-4-11-17-16(18)10-5-13-19(17)21-14-6-9-15-7-2-1-3-8-15/h1-3,5,7-8,10,13,18H,4,11-12,14,20H2. The van der Waals surface area contributed by atoms with E-state index < -0.39 is 0 Å². The zero-order valence-corrected chi connectivity index (χ0v) is 12.0. The summed E-state index contributed by atoms with van der Waals surface area (Å²) in [5, 5.41) is 0. The smallest absolute Gasteiger partial charge is 0.149 e. The fourth-order valence-corrected chi connectivity index (χ4v) is 2.76. The molecule has 2 N–H and O–H groups in total. The molecule has 0 radical (unpaired) electrons. The summed E-state index contributed by atoms with van der Waals surface area (Å²) in [5.41, 5.74) is 9.67. The molecule has 21 heavy (non-hydrogen) atoms. The quantitative estimate of drug-likeness (QED) is 0.853. The van der Waals surface area contributed by atoms with Gasteiger partial charge in [-0.05, 0) is 48.6 Å². The molecule has 1 atom stereocenters. The van der Waals surface area contributed by atoms with Gasteiger partial charge in [-0.3, -0.25) is 0 Å². The number of hydrogen-bond donors (Lipinski definition) is 1. The molecule has 0 bridgehead atoms. The molecular weight excluding hydrogens is 258 g/mol. The minimum absolute atomic E-state index is 0.146. The molecule has 1 unspecified atom stereocenters. The molecule has 0 saturated heterocycles. The maximum absolute atomic E-state index is 6.16. The molecule has 3 rings (SSSR count). The van der Waals surface area contributed by atoms with E-state index in [1.807, 2.05) is 42.5 Å². The van der Waals surface area contributed by atoms with Gasteiger partial charge in [0.1, 0.15) is 12.4 Å². The maximum Gasteiger partial charge on any atom is 0.149 e. The van der Waals surface area contributed by atoms with Crippen molar-refractivity contribution in [1.29, 1.82) is 0 Å². The monoisotopic (exact) mass is 277 g/mol. The van der Waals surface area contributed by atoms with Crippen molar-refractivity contribution >= 4 is 0 Å². The van der Waals surface area contributed by atoms with E-state index in [9.17, 15) is 0 Å². The third kappa shape index (κ3) is 3.26. The van der Waals surface area contributed by atoms with Gasteiger partial charge >= 0.3 is 0 Å². The van der Waals surface area contributed by atoms with Gasteiger partial charge in [-0.25, -0.2) is 0 Å². The maximum atomic E-state index is 6.16. The molecule has 1 aliphatic rings. The first-order chi connectivity index (χ1) is 10.3. The third-order valence-electron chi connectivity index (χ3n) is 3.82. The van der Waals surface area contributed by atoms with Crippen molar-refractivity contribution in [1.82, 2.24) is 0 Å². The normalized spacial score (nSPS) is 16.5. The minimum atomic E-state index is 0.146. The van der Waals surface area contributed by atoms with E-state index in [1.54, 1.807) is 0 Å². The molecule has 0 amide bonds. The van der Waals surface area contributed by atoms with Gasteiger partial charge in [0, 0.05) is 11.6 Å². The van der Waals surface area contributed by atoms with E-state index >= 15 is 0 Å². The number of rotatable bonds is 2. The first-order valence-corrected chi connectivity index (χ1v) is 7.38. The summed E-state index contributed by atoms with van der Waals surface area (Å²) in [7, 11) is 0. The zero-order valence-electron chi connectivity index (χ0n) is 12.0. The van der Waals surface area contributed by atoms with Gasteiger partial charge in [0.15, 0.2) is 0 Å². The second-order valence-electron chi connectivity index (χ2n) is 5.28. The summed E-state index contributed by atoms with van der Waals surface area (Å²) < 4.78 is 5.85. The van der Waals surface area contributed by atoms with Crippen molar-refractivity contribution in [3.63, 3.8) is 0 Å². The number of ether oxygens (including phenoxy) is 1. The van der Waals surface area contributed by atoms with Crippen LogP contribution in [0, 0.1) is 11.8 Å². The van der Waals surface area contributed by atoms with Crippen LogP contribution in [-0.4, -0.2) is 6.61 Å². The molecule has 0 saturated carbocycles. The molecule has 0 aromatic heterocycles. The molecule has 2 aromatic carbocycles. The molecule has 1 aliphatic carbocycles. The second-order valence-corrected chi connectivity index (χ2v) is 5.28. The van der Waals surface area contributed by atoms with Gasteiger partial charge in [-0.15, -0.1) is 0 Å². The molecule has 2 heteroatoms. The topological polar surface area (TPSA) is 35.2 Å². The Balaban J connectivity index is 1.69. The summed E-state index contributed by atoms with van der Waals surface area (Å²) in [6.45, 7) is 0.403. The van der Waals surface area contributed by atoms with Crippen LogP contribution in [0.4, 0.5) is 0 Å². The highest BCUT2D eigenvalue weighted by Gasteiger charge is 2.19. The highest BCUT2D eigenvalue weighted by atomic mass is 16.5. The Bertz CT molecular complexity index is 667. The van der Waals surface area contributed by atoms with Crippen molar-refractivity contribution in [3.8, 4) is 17.6 Å². The molecule has 0 fully saturated rings. The van der Waals surface area contributed by atoms with Crippen molar-refractivity contribution in [2.24, 2.45) is 5.73 Å². The number of benzene rings is 2. The van der Waals surface area contributed by atoms with Gasteiger partial charge in [0.05, 0.1) is 0 Å². The molecule has 0 aliphatic heterocycles. The van der Waals surface area contributed by atoms with Crippen molar-refractivity contribution in [2.75, 3.05) is 6.61 Å². The first kappa shape index (κ1) is 13.7. The van der Waals surface area contributed by atoms with E-state index in [2.05, 4.69) is 17.9 Å². The van der Waals surface area contributed by atoms with Crippen molar-refractivity contribution in [2.45, 2.75) is 25.3 Å². The number of fused-ring (bicyclic) bond motifs is 1. The second kappa shape index (κ2) is 6.47. The third-order valence-corrected chi connectivity index (χ3v) is 3.82. The Kier molecular flexibility index (Phi) is 4.23. The Hall–Kier alpha value is -2.24. The lowest BCUT2D eigenvalue weighted by atomic mass is 9.88. The highest BCUT2D eigenvalue weighted by molar-refractivity contribution is 5.43. The van der Waals surface area contributed by atoms with Crippen LogP contribution < -0.4 is 10.5 Å². The molecule has 0 spiro atoms. The number of nitrogens with two attached hydrogens (primary N) is 1. The SMILES string of the molecule is NC1CCCc2c(OCC#Cc3ccccc3)cccc21. The van der Waals surface area contributed by atoms with Gasteiger partial charge in [-0.2, -0.15) is 0 Å². The Morgan fingerprint density at radius 2 is 1.95 bits per heavy atom. The van der Waals surface area contributed by atoms with E-state index in [0.29, 0.717) is 6.61 Å². The van der Waals surface area contributed by atoms with Crippen LogP contribution in [0.2, 0.25) is 0 Å². The predicted molar refractivity (Wildman–Crippen MR) is 85.1 cm³/mol. The van der Waals surface area contributed by atoms with Gasteiger partial charge in [-0.1, -0.05) is 42.2 Å². The van der Waals surface area contributed by atoms with Gasteiger partial charge in [0.25, 0.3) is 0 Å². The lowest BCUT2D eigenvalue weighted by molar-refractivity contribution is 0.362. The van der Waals surface area contributed by atoms with Crippen LogP contribution in [0.25, 0.3) is 0 Å². The summed E-state index contributed by atoms with van der Waals surface area (Å²) >= 11 is 0. The summed E-state index contributed by atoms with van der Waals surface area (Å²) in [4.78, 5) is 0.